The highest BCUT2D eigenvalue weighted by Gasteiger charge is 2.16. The van der Waals surface area contributed by atoms with Gasteiger partial charge in [-0.1, -0.05) is 13.8 Å². The van der Waals surface area contributed by atoms with Gasteiger partial charge in [0.05, 0.1) is 19.3 Å². The molecule has 0 aromatic heterocycles. The molecule has 1 fully saturated rings. The van der Waals surface area contributed by atoms with Gasteiger partial charge < -0.3 is 15.4 Å². The van der Waals surface area contributed by atoms with Crippen LogP contribution < -0.4 is 10.6 Å². The maximum Gasteiger partial charge on any atom is 0.222 e. The van der Waals surface area contributed by atoms with Gasteiger partial charge in [-0.05, 0) is 0 Å². The standard InChI is InChI=1S/C9H18N2O2/c1-7(2)9(12)11-8-5-10-3-4-13-6-8/h7-8,10H,3-6H2,1-2H3,(H,11,12). The molecule has 1 aliphatic rings. The fraction of sp³-hybridized carbons (Fsp3) is 0.889. The number of rotatable bonds is 2. The monoisotopic (exact) mass is 186 g/mol. The zero-order valence-electron chi connectivity index (χ0n) is 8.30. The molecule has 0 bridgehead atoms. The molecule has 1 saturated heterocycles. The Kier molecular flexibility index (Phi) is 4.18. The lowest BCUT2D eigenvalue weighted by Crippen LogP contribution is -2.44. The summed E-state index contributed by atoms with van der Waals surface area (Å²) < 4.78 is 5.31. The number of carbonyl (C=O) groups excluding carboxylic acids is 1. The van der Waals surface area contributed by atoms with Gasteiger partial charge in [0.25, 0.3) is 0 Å². The fourth-order valence-corrected chi connectivity index (χ4v) is 1.17. The van der Waals surface area contributed by atoms with Crippen LogP contribution >= 0.6 is 0 Å². The summed E-state index contributed by atoms with van der Waals surface area (Å²) in [5.74, 6) is 0.139. The molecule has 1 heterocycles. The van der Waals surface area contributed by atoms with Crippen LogP contribution in [-0.4, -0.2) is 38.3 Å². The minimum atomic E-state index is 0.0447. The molecule has 0 spiro atoms. The Labute approximate surface area is 79.0 Å². The predicted molar refractivity (Wildman–Crippen MR) is 50.5 cm³/mol. The molecule has 0 aliphatic carbocycles. The van der Waals surface area contributed by atoms with Crippen LogP contribution in [0.5, 0.6) is 0 Å². The van der Waals surface area contributed by atoms with Crippen LogP contribution in [0.4, 0.5) is 0 Å². The van der Waals surface area contributed by atoms with E-state index in [4.69, 9.17) is 4.74 Å². The summed E-state index contributed by atoms with van der Waals surface area (Å²) >= 11 is 0. The first-order valence-corrected chi connectivity index (χ1v) is 4.79. The Bertz CT molecular complexity index is 163. The summed E-state index contributed by atoms with van der Waals surface area (Å²) in [5.41, 5.74) is 0. The van der Waals surface area contributed by atoms with Crippen molar-refractivity contribution in [3.05, 3.63) is 0 Å². The fourth-order valence-electron chi connectivity index (χ4n) is 1.17. The van der Waals surface area contributed by atoms with Crippen molar-refractivity contribution in [2.75, 3.05) is 26.3 Å². The molecular formula is C9H18N2O2. The number of hydrogen-bond acceptors (Lipinski definition) is 3. The quantitative estimate of drug-likeness (QED) is 0.625. The van der Waals surface area contributed by atoms with Crippen molar-refractivity contribution in [2.24, 2.45) is 5.92 Å². The lowest BCUT2D eigenvalue weighted by atomic mass is 10.2. The summed E-state index contributed by atoms with van der Waals surface area (Å²) in [6.07, 6.45) is 0. The first-order chi connectivity index (χ1) is 6.20. The molecule has 4 heteroatoms. The van der Waals surface area contributed by atoms with Gasteiger partial charge >= 0.3 is 0 Å². The second-order valence-corrected chi connectivity index (χ2v) is 3.64. The van der Waals surface area contributed by atoms with Gasteiger partial charge in [0, 0.05) is 19.0 Å². The van der Waals surface area contributed by atoms with Crippen LogP contribution in [0.2, 0.25) is 0 Å². The Hall–Kier alpha value is -0.610. The van der Waals surface area contributed by atoms with Crippen LogP contribution in [0.15, 0.2) is 0 Å². The second-order valence-electron chi connectivity index (χ2n) is 3.64. The molecule has 2 N–H and O–H groups in total. The molecule has 0 aromatic rings. The summed E-state index contributed by atoms with van der Waals surface area (Å²) in [7, 11) is 0. The van der Waals surface area contributed by atoms with Crippen molar-refractivity contribution >= 4 is 5.91 Å². The van der Waals surface area contributed by atoms with Crippen molar-refractivity contribution in [3.63, 3.8) is 0 Å². The van der Waals surface area contributed by atoms with Gasteiger partial charge in [0.2, 0.25) is 5.91 Å². The van der Waals surface area contributed by atoms with Gasteiger partial charge in [0.15, 0.2) is 0 Å². The summed E-state index contributed by atoms with van der Waals surface area (Å²) in [4.78, 5) is 11.3. The zero-order chi connectivity index (χ0) is 9.68. The number of ether oxygens (including phenoxy) is 1. The van der Waals surface area contributed by atoms with Crippen LogP contribution in [-0.2, 0) is 9.53 Å². The van der Waals surface area contributed by atoms with E-state index in [1.807, 2.05) is 13.8 Å². The number of carbonyl (C=O) groups is 1. The van der Waals surface area contributed by atoms with E-state index in [9.17, 15) is 4.79 Å². The van der Waals surface area contributed by atoms with Crippen molar-refractivity contribution in [1.82, 2.24) is 10.6 Å². The van der Waals surface area contributed by atoms with E-state index in [0.29, 0.717) is 6.61 Å². The molecule has 1 atom stereocenters. The normalized spacial score (nSPS) is 24.1. The highest BCUT2D eigenvalue weighted by Crippen LogP contribution is 1.95. The smallest absolute Gasteiger partial charge is 0.222 e. The zero-order valence-corrected chi connectivity index (χ0v) is 8.30. The maximum absolute atomic E-state index is 11.3. The van der Waals surface area contributed by atoms with Crippen molar-refractivity contribution in [1.29, 1.82) is 0 Å². The van der Waals surface area contributed by atoms with E-state index in [-0.39, 0.29) is 17.9 Å². The Morgan fingerprint density at radius 1 is 1.62 bits per heavy atom. The lowest BCUT2D eigenvalue weighted by molar-refractivity contribution is -0.125. The van der Waals surface area contributed by atoms with Gasteiger partial charge in [-0.15, -0.1) is 0 Å². The summed E-state index contributed by atoms with van der Waals surface area (Å²) in [5, 5.41) is 6.13. The van der Waals surface area contributed by atoms with Crippen molar-refractivity contribution in [2.45, 2.75) is 19.9 Å². The first kappa shape index (κ1) is 10.5. The van der Waals surface area contributed by atoms with Gasteiger partial charge in [-0.2, -0.15) is 0 Å². The third kappa shape index (κ3) is 3.74. The highest BCUT2D eigenvalue weighted by atomic mass is 16.5. The van der Waals surface area contributed by atoms with E-state index in [1.165, 1.54) is 0 Å². The van der Waals surface area contributed by atoms with Crippen LogP contribution in [0.1, 0.15) is 13.8 Å². The average Bonchev–Trinajstić information content (AvgIpc) is 2.32. The van der Waals surface area contributed by atoms with E-state index < -0.39 is 0 Å². The number of hydrogen-bond donors (Lipinski definition) is 2. The predicted octanol–water partition coefficient (Wildman–Crippen LogP) is -0.253. The van der Waals surface area contributed by atoms with Crippen LogP contribution in [0, 0.1) is 5.92 Å². The topological polar surface area (TPSA) is 50.4 Å². The molecule has 76 valence electrons. The van der Waals surface area contributed by atoms with E-state index in [1.54, 1.807) is 0 Å². The summed E-state index contributed by atoms with van der Waals surface area (Å²) in [6.45, 7) is 6.80. The number of nitrogens with one attached hydrogen (secondary N) is 2. The minimum absolute atomic E-state index is 0.0447. The molecule has 4 nitrogen and oxygen atoms in total. The minimum Gasteiger partial charge on any atom is -0.378 e. The van der Waals surface area contributed by atoms with Gasteiger partial charge in [-0.3, -0.25) is 4.79 Å². The van der Waals surface area contributed by atoms with E-state index >= 15 is 0 Å². The Morgan fingerprint density at radius 2 is 2.38 bits per heavy atom. The number of amides is 1. The average molecular weight is 186 g/mol. The first-order valence-electron chi connectivity index (χ1n) is 4.79. The summed E-state index contributed by atoms with van der Waals surface area (Å²) in [6, 6.07) is 0.123. The Morgan fingerprint density at radius 3 is 3.08 bits per heavy atom. The third-order valence-electron chi connectivity index (χ3n) is 2.00. The highest BCUT2D eigenvalue weighted by molar-refractivity contribution is 5.78. The SMILES string of the molecule is CC(C)C(=O)NC1CNCCOC1. The van der Waals surface area contributed by atoms with E-state index in [0.717, 1.165) is 19.7 Å². The lowest BCUT2D eigenvalue weighted by Gasteiger charge is -2.17. The van der Waals surface area contributed by atoms with Gasteiger partial charge in [-0.25, -0.2) is 0 Å². The molecule has 1 unspecified atom stereocenters. The molecular weight excluding hydrogens is 168 g/mol. The van der Waals surface area contributed by atoms with E-state index in [2.05, 4.69) is 10.6 Å². The molecule has 0 saturated carbocycles. The molecule has 1 aliphatic heterocycles. The molecule has 1 rings (SSSR count). The molecule has 0 radical (unpaired) electrons. The molecule has 13 heavy (non-hydrogen) atoms. The largest absolute Gasteiger partial charge is 0.378 e. The molecule has 1 amide bonds. The molecule has 0 aromatic carbocycles. The van der Waals surface area contributed by atoms with Gasteiger partial charge in [0.1, 0.15) is 0 Å². The third-order valence-corrected chi connectivity index (χ3v) is 2.00. The maximum atomic E-state index is 11.3. The Balaban J connectivity index is 2.29. The second kappa shape index (κ2) is 5.19. The van der Waals surface area contributed by atoms with Crippen molar-refractivity contribution < 1.29 is 9.53 Å². The van der Waals surface area contributed by atoms with Crippen LogP contribution in [0.3, 0.4) is 0 Å². The van der Waals surface area contributed by atoms with Crippen LogP contribution in [0.25, 0.3) is 0 Å². The van der Waals surface area contributed by atoms with Crippen molar-refractivity contribution in [3.8, 4) is 0 Å².